The maximum atomic E-state index is 5.50. The molecule has 1 aliphatic carbocycles. The highest BCUT2D eigenvalue weighted by atomic mass is 32.1. The fraction of sp³-hybridized carbons (Fsp3) is 0.500. The van der Waals surface area contributed by atoms with Gasteiger partial charge in [0, 0.05) is 54.1 Å². The van der Waals surface area contributed by atoms with Crippen molar-refractivity contribution in [1.29, 1.82) is 0 Å². The number of nitrogens with zero attached hydrogens (tertiary/aromatic N) is 3. The highest BCUT2D eigenvalue weighted by molar-refractivity contribution is 7.13. The van der Waals surface area contributed by atoms with Crippen molar-refractivity contribution in [3.05, 3.63) is 35.6 Å². The van der Waals surface area contributed by atoms with E-state index in [0.717, 1.165) is 43.0 Å². The molecular formula is C20H24N4OS. The lowest BCUT2D eigenvalue weighted by atomic mass is 9.81. The van der Waals surface area contributed by atoms with Gasteiger partial charge < -0.3 is 9.72 Å². The number of nitrogens with one attached hydrogen (secondary N) is 1. The number of fused-ring (bicyclic) bond motifs is 1. The van der Waals surface area contributed by atoms with Crippen LogP contribution in [0.25, 0.3) is 21.6 Å². The first-order valence-corrected chi connectivity index (χ1v) is 10.4. The molecule has 3 aromatic rings. The second-order valence-corrected chi connectivity index (χ2v) is 8.25. The van der Waals surface area contributed by atoms with Crippen LogP contribution in [-0.4, -0.2) is 52.2 Å². The maximum absolute atomic E-state index is 5.50. The van der Waals surface area contributed by atoms with Gasteiger partial charge in [-0.1, -0.05) is 0 Å². The van der Waals surface area contributed by atoms with Gasteiger partial charge >= 0.3 is 0 Å². The van der Waals surface area contributed by atoms with E-state index in [2.05, 4.69) is 27.1 Å². The third-order valence-corrected chi connectivity index (χ3v) is 6.75. The van der Waals surface area contributed by atoms with Gasteiger partial charge in [0.1, 0.15) is 10.7 Å². The molecule has 3 aromatic heterocycles. The molecule has 5 nitrogen and oxygen atoms in total. The molecule has 1 N–H and O–H groups in total. The summed E-state index contributed by atoms with van der Waals surface area (Å²) in [6, 6.07) is 3.08. The molecule has 2 fully saturated rings. The van der Waals surface area contributed by atoms with Crippen molar-refractivity contribution in [2.45, 2.75) is 37.6 Å². The summed E-state index contributed by atoms with van der Waals surface area (Å²) in [5.74, 6) is 0.628. The van der Waals surface area contributed by atoms with Crippen LogP contribution < -0.4 is 0 Å². The minimum Gasteiger partial charge on any atom is -0.379 e. The van der Waals surface area contributed by atoms with Crippen molar-refractivity contribution in [2.24, 2.45) is 0 Å². The van der Waals surface area contributed by atoms with E-state index in [1.54, 1.807) is 11.3 Å². The van der Waals surface area contributed by atoms with Crippen molar-refractivity contribution in [1.82, 2.24) is 19.9 Å². The number of hydrogen-bond acceptors (Lipinski definition) is 5. The first-order valence-electron chi connectivity index (χ1n) is 9.57. The fourth-order valence-electron chi connectivity index (χ4n) is 4.49. The zero-order valence-corrected chi connectivity index (χ0v) is 15.7. The molecule has 0 amide bonds. The second-order valence-electron chi connectivity index (χ2n) is 7.36. The Kier molecular flexibility index (Phi) is 4.48. The average molecular weight is 369 g/mol. The Morgan fingerprint density at radius 2 is 1.96 bits per heavy atom. The van der Waals surface area contributed by atoms with Gasteiger partial charge in [-0.3, -0.25) is 4.90 Å². The van der Waals surface area contributed by atoms with E-state index >= 15 is 0 Å². The molecule has 5 rings (SSSR count). The number of pyridine rings is 1. The molecule has 6 heteroatoms. The molecule has 0 radical (unpaired) electrons. The van der Waals surface area contributed by atoms with Crippen molar-refractivity contribution >= 4 is 22.4 Å². The Morgan fingerprint density at radius 3 is 2.73 bits per heavy atom. The minimum atomic E-state index is 0.628. The van der Waals surface area contributed by atoms with Crippen LogP contribution in [0.15, 0.2) is 30.0 Å². The van der Waals surface area contributed by atoms with Crippen LogP contribution in [0.5, 0.6) is 0 Å². The molecule has 2 aliphatic rings. The molecule has 0 aromatic carbocycles. The lowest BCUT2D eigenvalue weighted by molar-refractivity contribution is 0.00729. The lowest BCUT2D eigenvalue weighted by Gasteiger charge is -2.38. The summed E-state index contributed by atoms with van der Waals surface area (Å²) in [6.45, 7) is 3.99. The number of morpholine rings is 1. The number of thiazole rings is 1. The second kappa shape index (κ2) is 7.10. The summed E-state index contributed by atoms with van der Waals surface area (Å²) in [6.07, 6.45) is 11.1. The van der Waals surface area contributed by atoms with E-state index in [1.807, 2.05) is 17.8 Å². The van der Waals surface area contributed by atoms with Crippen LogP contribution in [-0.2, 0) is 4.74 Å². The van der Waals surface area contributed by atoms with Crippen LogP contribution >= 0.6 is 11.3 Å². The molecule has 4 heterocycles. The molecule has 1 saturated heterocycles. The topological polar surface area (TPSA) is 54.0 Å². The SMILES string of the molecule is c1csc(-c2c[nH]c3ncc(C4CCC(N5CCOCC5)CC4)cc23)n1. The Hall–Kier alpha value is -1.76. The van der Waals surface area contributed by atoms with Gasteiger partial charge in [-0.15, -0.1) is 11.3 Å². The molecular weight excluding hydrogens is 344 g/mol. The molecule has 0 spiro atoms. The Labute approximate surface area is 157 Å². The monoisotopic (exact) mass is 368 g/mol. The van der Waals surface area contributed by atoms with Crippen molar-refractivity contribution < 1.29 is 4.74 Å². The van der Waals surface area contributed by atoms with Gasteiger partial charge in [0.05, 0.1) is 13.2 Å². The van der Waals surface area contributed by atoms with Crippen molar-refractivity contribution in [3.63, 3.8) is 0 Å². The highest BCUT2D eigenvalue weighted by Gasteiger charge is 2.28. The normalized spacial score (nSPS) is 24.9. The zero-order chi connectivity index (χ0) is 17.3. The molecule has 136 valence electrons. The van der Waals surface area contributed by atoms with Crippen LogP contribution in [0.2, 0.25) is 0 Å². The maximum Gasteiger partial charge on any atom is 0.137 e. The van der Waals surface area contributed by atoms with Crippen molar-refractivity contribution in [2.75, 3.05) is 26.3 Å². The van der Waals surface area contributed by atoms with E-state index in [-0.39, 0.29) is 0 Å². The van der Waals surface area contributed by atoms with Gasteiger partial charge in [0.2, 0.25) is 0 Å². The first-order chi connectivity index (χ1) is 12.9. The summed E-state index contributed by atoms with van der Waals surface area (Å²) < 4.78 is 5.50. The predicted octanol–water partition coefficient (Wildman–Crippen LogP) is 4.04. The van der Waals surface area contributed by atoms with Crippen molar-refractivity contribution in [3.8, 4) is 10.6 Å². The van der Waals surface area contributed by atoms with Crippen LogP contribution in [0.3, 0.4) is 0 Å². The summed E-state index contributed by atoms with van der Waals surface area (Å²) in [5.41, 5.74) is 3.52. The van der Waals surface area contributed by atoms with Gasteiger partial charge in [0.15, 0.2) is 0 Å². The van der Waals surface area contributed by atoms with Crippen LogP contribution in [0.1, 0.15) is 37.2 Å². The first kappa shape index (κ1) is 16.4. The molecule has 0 unspecified atom stereocenters. The third kappa shape index (κ3) is 3.06. The Bertz CT molecular complexity index is 861. The summed E-state index contributed by atoms with van der Waals surface area (Å²) >= 11 is 1.68. The standard InChI is InChI=1S/C20H24N4OS/c1-3-16(24-6-8-25-9-7-24)4-2-14(1)15-11-17-18(20-21-5-10-26-20)13-23-19(17)22-12-15/h5,10-14,16H,1-4,6-9H2,(H,22,23). The van der Waals surface area contributed by atoms with Gasteiger partial charge in [0.25, 0.3) is 0 Å². The number of aromatic nitrogens is 3. The van der Waals surface area contributed by atoms with Crippen LogP contribution in [0, 0.1) is 0 Å². The largest absolute Gasteiger partial charge is 0.379 e. The Balaban J connectivity index is 1.34. The fourth-order valence-corrected chi connectivity index (χ4v) is 5.16. The van der Waals surface area contributed by atoms with Gasteiger partial charge in [-0.2, -0.15) is 0 Å². The van der Waals surface area contributed by atoms with E-state index in [0.29, 0.717) is 5.92 Å². The smallest absolute Gasteiger partial charge is 0.137 e. The van der Waals surface area contributed by atoms with Gasteiger partial charge in [-0.05, 0) is 43.2 Å². The average Bonchev–Trinajstić information content (AvgIpc) is 3.38. The van der Waals surface area contributed by atoms with E-state index in [9.17, 15) is 0 Å². The molecule has 1 saturated carbocycles. The number of aromatic amines is 1. The van der Waals surface area contributed by atoms with E-state index in [4.69, 9.17) is 9.72 Å². The quantitative estimate of drug-likeness (QED) is 0.758. The predicted molar refractivity (Wildman–Crippen MR) is 105 cm³/mol. The summed E-state index contributed by atoms with van der Waals surface area (Å²) in [7, 11) is 0. The number of hydrogen-bond donors (Lipinski definition) is 1. The third-order valence-electron chi connectivity index (χ3n) is 5.95. The Morgan fingerprint density at radius 1 is 1.12 bits per heavy atom. The van der Waals surface area contributed by atoms with Gasteiger partial charge in [-0.25, -0.2) is 9.97 Å². The lowest BCUT2D eigenvalue weighted by Crippen LogP contribution is -2.44. The summed E-state index contributed by atoms with van der Waals surface area (Å²) in [4.78, 5) is 15.1. The zero-order valence-electron chi connectivity index (χ0n) is 14.9. The van der Waals surface area contributed by atoms with Crippen LogP contribution in [0.4, 0.5) is 0 Å². The molecule has 26 heavy (non-hydrogen) atoms. The molecule has 0 bridgehead atoms. The molecule has 1 aliphatic heterocycles. The summed E-state index contributed by atoms with van der Waals surface area (Å²) in [5, 5.41) is 4.29. The minimum absolute atomic E-state index is 0.628. The van der Waals surface area contributed by atoms with E-state index < -0.39 is 0 Å². The number of ether oxygens (including phenoxy) is 1. The van der Waals surface area contributed by atoms with E-state index in [1.165, 1.54) is 42.2 Å². The number of H-pyrrole nitrogens is 1. The molecule has 0 atom stereocenters. The highest BCUT2D eigenvalue weighted by Crippen LogP contribution is 2.37. The number of rotatable bonds is 3.